The zero-order chi connectivity index (χ0) is 13.6. The lowest BCUT2D eigenvalue weighted by molar-refractivity contribution is -0.132. The van der Waals surface area contributed by atoms with Crippen molar-refractivity contribution in [3.05, 3.63) is 0 Å². The topological polar surface area (TPSA) is 26.3 Å². The molecule has 0 N–H and O–H groups in total. The standard InChI is InChI=1S/C16H28O2/c1-11-6-7-12(17)10-16(5)13(11)8-9-14(16)18-15(2,3)4/h11,13-14H,6-10H2,1-5H3/t11-,13-,14-,16-/m0/s1. The third kappa shape index (κ3) is 2.64. The summed E-state index contributed by atoms with van der Waals surface area (Å²) in [5.74, 6) is 1.77. The van der Waals surface area contributed by atoms with E-state index in [-0.39, 0.29) is 17.1 Å². The Morgan fingerprint density at radius 1 is 1.22 bits per heavy atom. The summed E-state index contributed by atoms with van der Waals surface area (Å²) in [5.41, 5.74) is -0.0402. The highest BCUT2D eigenvalue weighted by Crippen LogP contribution is 2.54. The van der Waals surface area contributed by atoms with Gasteiger partial charge in [0.15, 0.2) is 0 Å². The van der Waals surface area contributed by atoms with Crippen LogP contribution in [0.5, 0.6) is 0 Å². The lowest BCUT2D eigenvalue weighted by atomic mass is 9.71. The van der Waals surface area contributed by atoms with Crippen LogP contribution in [0.1, 0.15) is 66.7 Å². The Kier molecular flexibility index (Phi) is 3.61. The van der Waals surface area contributed by atoms with Crippen molar-refractivity contribution < 1.29 is 9.53 Å². The smallest absolute Gasteiger partial charge is 0.133 e. The van der Waals surface area contributed by atoms with Crippen LogP contribution in [0.4, 0.5) is 0 Å². The molecule has 0 aromatic carbocycles. The van der Waals surface area contributed by atoms with Crippen molar-refractivity contribution >= 4 is 5.78 Å². The van der Waals surface area contributed by atoms with Crippen LogP contribution in [-0.4, -0.2) is 17.5 Å². The highest BCUT2D eigenvalue weighted by Gasteiger charge is 2.52. The number of carbonyl (C=O) groups is 1. The molecular formula is C16H28O2. The molecule has 0 aliphatic heterocycles. The fraction of sp³-hybridized carbons (Fsp3) is 0.938. The predicted octanol–water partition coefficient (Wildman–Crippen LogP) is 3.98. The van der Waals surface area contributed by atoms with E-state index >= 15 is 0 Å². The molecule has 0 amide bonds. The van der Waals surface area contributed by atoms with E-state index in [9.17, 15) is 4.79 Å². The molecule has 2 aliphatic carbocycles. The van der Waals surface area contributed by atoms with Gasteiger partial charge in [-0.1, -0.05) is 13.8 Å². The lowest BCUT2D eigenvalue weighted by Gasteiger charge is -2.40. The van der Waals surface area contributed by atoms with E-state index in [1.165, 1.54) is 6.42 Å². The van der Waals surface area contributed by atoms with E-state index in [1.54, 1.807) is 0 Å². The van der Waals surface area contributed by atoms with Crippen LogP contribution >= 0.6 is 0 Å². The lowest BCUT2D eigenvalue weighted by Crippen LogP contribution is -2.41. The van der Waals surface area contributed by atoms with E-state index in [1.807, 2.05) is 0 Å². The molecule has 0 aromatic rings. The molecule has 0 saturated heterocycles. The Morgan fingerprint density at radius 3 is 2.50 bits per heavy atom. The fourth-order valence-corrected chi connectivity index (χ4v) is 4.13. The number of Topliss-reactive ketones (excluding diaryl/α,β-unsaturated/α-hetero) is 1. The van der Waals surface area contributed by atoms with Crippen LogP contribution in [0.2, 0.25) is 0 Å². The van der Waals surface area contributed by atoms with Crippen molar-refractivity contribution in [2.45, 2.75) is 78.4 Å². The minimum Gasteiger partial charge on any atom is -0.372 e. The predicted molar refractivity (Wildman–Crippen MR) is 73.5 cm³/mol. The van der Waals surface area contributed by atoms with Gasteiger partial charge in [-0.25, -0.2) is 0 Å². The second-order valence-electron chi connectivity index (χ2n) is 7.64. The van der Waals surface area contributed by atoms with Gasteiger partial charge in [0.05, 0.1) is 11.7 Å². The minimum atomic E-state index is -0.110. The molecule has 4 atom stereocenters. The fourth-order valence-electron chi connectivity index (χ4n) is 4.13. The molecule has 2 fully saturated rings. The summed E-state index contributed by atoms with van der Waals surface area (Å²) >= 11 is 0. The van der Waals surface area contributed by atoms with Gasteiger partial charge in [-0.15, -0.1) is 0 Å². The van der Waals surface area contributed by atoms with Crippen LogP contribution in [0, 0.1) is 17.3 Å². The first-order valence-electron chi connectivity index (χ1n) is 7.42. The molecule has 2 nitrogen and oxygen atoms in total. The largest absolute Gasteiger partial charge is 0.372 e. The highest BCUT2D eigenvalue weighted by molar-refractivity contribution is 5.79. The molecule has 0 radical (unpaired) electrons. The van der Waals surface area contributed by atoms with Crippen molar-refractivity contribution in [2.24, 2.45) is 17.3 Å². The molecule has 0 bridgehead atoms. The first-order chi connectivity index (χ1) is 8.22. The Hall–Kier alpha value is -0.370. The molecule has 2 aliphatic rings. The van der Waals surface area contributed by atoms with Gasteiger partial charge in [-0.05, 0) is 51.9 Å². The number of hydrogen-bond donors (Lipinski definition) is 0. The summed E-state index contributed by atoms with van der Waals surface area (Å²) in [6, 6.07) is 0. The van der Waals surface area contributed by atoms with Crippen molar-refractivity contribution in [2.75, 3.05) is 0 Å². The maximum Gasteiger partial charge on any atom is 0.133 e. The third-order valence-corrected chi connectivity index (χ3v) is 4.96. The van der Waals surface area contributed by atoms with E-state index in [4.69, 9.17) is 4.74 Å². The molecule has 0 spiro atoms. The van der Waals surface area contributed by atoms with Crippen molar-refractivity contribution in [3.8, 4) is 0 Å². The zero-order valence-corrected chi connectivity index (χ0v) is 12.6. The van der Waals surface area contributed by atoms with Crippen molar-refractivity contribution in [1.82, 2.24) is 0 Å². The Morgan fingerprint density at radius 2 is 1.89 bits per heavy atom. The molecule has 18 heavy (non-hydrogen) atoms. The summed E-state index contributed by atoms with van der Waals surface area (Å²) < 4.78 is 6.27. The second kappa shape index (κ2) is 4.63. The highest BCUT2D eigenvalue weighted by atomic mass is 16.5. The van der Waals surface area contributed by atoms with Crippen LogP contribution in [0.3, 0.4) is 0 Å². The quantitative estimate of drug-likeness (QED) is 0.705. The maximum atomic E-state index is 12.0. The Balaban J connectivity index is 2.23. The molecule has 2 heteroatoms. The summed E-state index contributed by atoms with van der Waals surface area (Å²) in [5, 5.41) is 0. The average Bonchev–Trinajstić information content (AvgIpc) is 2.44. The third-order valence-electron chi connectivity index (χ3n) is 4.96. The van der Waals surface area contributed by atoms with Crippen LogP contribution in [0.25, 0.3) is 0 Å². The van der Waals surface area contributed by atoms with Gasteiger partial charge < -0.3 is 4.74 Å². The van der Waals surface area contributed by atoms with Crippen LogP contribution in [-0.2, 0) is 9.53 Å². The molecule has 0 unspecified atom stereocenters. The first-order valence-corrected chi connectivity index (χ1v) is 7.42. The minimum absolute atomic E-state index is 0.0697. The molecule has 0 aromatic heterocycles. The van der Waals surface area contributed by atoms with Gasteiger partial charge in [0.1, 0.15) is 5.78 Å². The van der Waals surface area contributed by atoms with Gasteiger partial charge >= 0.3 is 0 Å². The molecular weight excluding hydrogens is 224 g/mol. The second-order valence-corrected chi connectivity index (χ2v) is 7.64. The summed E-state index contributed by atoms with van der Waals surface area (Å²) in [7, 11) is 0. The summed E-state index contributed by atoms with van der Waals surface area (Å²) in [4.78, 5) is 12.0. The van der Waals surface area contributed by atoms with Crippen LogP contribution in [0.15, 0.2) is 0 Å². The van der Waals surface area contributed by atoms with E-state index in [0.717, 1.165) is 25.7 Å². The normalized spacial score (nSPS) is 41.6. The van der Waals surface area contributed by atoms with Gasteiger partial charge in [-0.2, -0.15) is 0 Å². The summed E-state index contributed by atoms with van der Waals surface area (Å²) in [6.45, 7) is 11.0. The zero-order valence-electron chi connectivity index (χ0n) is 12.6. The Bertz CT molecular complexity index is 328. The molecule has 2 rings (SSSR count). The van der Waals surface area contributed by atoms with Gasteiger partial charge in [-0.3, -0.25) is 4.79 Å². The number of hydrogen-bond acceptors (Lipinski definition) is 2. The van der Waals surface area contributed by atoms with E-state index in [2.05, 4.69) is 34.6 Å². The Labute approximate surface area is 111 Å². The maximum absolute atomic E-state index is 12.0. The molecule has 104 valence electrons. The van der Waals surface area contributed by atoms with E-state index < -0.39 is 0 Å². The van der Waals surface area contributed by atoms with Crippen molar-refractivity contribution in [1.29, 1.82) is 0 Å². The first kappa shape index (κ1) is 14.0. The number of fused-ring (bicyclic) bond motifs is 1. The molecule has 0 heterocycles. The SMILES string of the molecule is C[C@H]1CCC(=O)C[C@]2(C)[C@@H](OC(C)(C)C)CC[C@@H]12. The van der Waals surface area contributed by atoms with Crippen LogP contribution < -0.4 is 0 Å². The number of ketones is 1. The number of ether oxygens (including phenoxy) is 1. The molecule has 2 saturated carbocycles. The van der Waals surface area contributed by atoms with Gasteiger partial charge in [0, 0.05) is 18.3 Å². The monoisotopic (exact) mass is 252 g/mol. The summed E-state index contributed by atoms with van der Waals surface area (Å²) in [6.07, 6.45) is 5.17. The number of rotatable bonds is 1. The number of carbonyl (C=O) groups excluding carboxylic acids is 1. The van der Waals surface area contributed by atoms with Gasteiger partial charge in [0.2, 0.25) is 0 Å². The van der Waals surface area contributed by atoms with E-state index in [0.29, 0.717) is 17.6 Å². The van der Waals surface area contributed by atoms with Gasteiger partial charge in [0.25, 0.3) is 0 Å². The average molecular weight is 252 g/mol. The van der Waals surface area contributed by atoms with Crippen molar-refractivity contribution in [3.63, 3.8) is 0 Å².